The zero-order chi connectivity index (χ0) is 15.0. The summed E-state index contributed by atoms with van der Waals surface area (Å²) in [5.74, 6) is -2.01. The molecule has 1 fully saturated rings. The molecule has 1 aromatic carbocycles. The second kappa shape index (κ2) is 5.31. The van der Waals surface area contributed by atoms with Gasteiger partial charge < -0.3 is 5.11 Å². The third-order valence-corrected chi connectivity index (χ3v) is 5.22. The highest BCUT2D eigenvalue weighted by molar-refractivity contribution is 7.89. The van der Waals surface area contributed by atoms with E-state index in [0.29, 0.717) is 12.8 Å². The van der Waals surface area contributed by atoms with E-state index in [1.807, 2.05) is 0 Å². The van der Waals surface area contributed by atoms with E-state index in [2.05, 4.69) is 4.72 Å². The number of carboxylic acid groups (broad SMARTS) is 1. The van der Waals surface area contributed by atoms with Crippen molar-refractivity contribution in [1.82, 2.24) is 4.72 Å². The molecule has 8 heteroatoms. The third-order valence-electron chi connectivity index (χ3n) is 3.55. The Bertz CT molecular complexity index is 643. The molecule has 1 aliphatic carbocycles. The summed E-state index contributed by atoms with van der Waals surface area (Å²) < 4.78 is 39.7. The molecule has 0 radical (unpaired) electrons. The molecule has 0 aromatic heterocycles. The van der Waals surface area contributed by atoms with Crippen LogP contribution in [-0.4, -0.2) is 26.0 Å². The molecular weight excluding hydrogens is 309 g/mol. The Morgan fingerprint density at radius 1 is 1.45 bits per heavy atom. The van der Waals surface area contributed by atoms with Gasteiger partial charge in [0.15, 0.2) is 0 Å². The fourth-order valence-corrected chi connectivity index (χ4v) is 3.42. The van der Waals surface area contributed by atoms with Crippen LogP contribution in [0.25, 0.3) is 0 Å². The fraction of sp³-hybridized carbons (Fsp3) is 0.417. The standard InChI is InChI=1S/C12H13ClFNO4S/c13-8-2-3-10(9(14)6-8)20(18,19)15-7-12(11(16)17)4-1-5-12/h2-3,6,15H,1,4-5,7H2,(H,16,17). The Labute approximate surface area is 120 Å². The zero-order valence-corrected chi connectivity index (χ0v) is 12.0. The number of aliphatic carboxylic acids is 1. The molecule has 0 heterocycles. The van der Waals surface area contributed by atoms with Gasteiger partial charge in [-0.15, -0.1) is 0 Å². The van der Waals surface area contributed by atoms with Crippen molar-refractivity contribution in [3.8, 4) is 0 Å². The lowest BCUT2D eigenvalue weighted by Gasteiger charge is -2.37. The lowest BCUT2D eigenvalue weighted by Crippen LogP contribution is -2.47. The minimum absolute atomic E-state index is 0.0856. The predicted molar refractivity (Wildman–Crippen MR) is 70.5 cm³/mol. The number of sulfonamides is 1. The number of halogens is 2. The van der Waals surface area contributed by atoms with Crippen LogP contribution >= 0.6 is 11.6 Å². The Kier molecular flexibility index (Phi) is 4.04. The SMILES string of the molecule is O=C(O)C1(CNS(=O)(=O)c2ccc(Cl)cc2F)CCC1. The normalized spacial score (nSPS) is 17.5. The van der Waals surface area contributed by atoms with E-state index in [1.165, 1.54) is 6.07 Å². The van der Waals surface area contributed by atoms with Gasteiger partial charge in [0.05, 0.1) is 5.41 Å². The van der Waals surface area contributed by atoms with Crippen molar-refractivity contribution in [3.05, 3.63) is 29.0 Å². The molecule has 0 atom stereocenters. The summed E-state index contributed by atoms with van der Waals surface area (Å²) in [4.78, 5) is 10.6. The highest BCUT2D eigenvalue weighted by atomic mass is 35.5. The summed E-state index contributed by atoms with van der Waals surface area (Å²) in [6, 6.07) is 3.20. The lowest BCUT2D eigenvalue weighted by atomic mass is 9.69. The maximum Gasteiger partial charge on any atom is 0.310 e. The Hall–Kier alpha value is -1.18. The highest BCUT2D eigenvalue weighted by Crippen LogP contribution is 2.40. The second-order valence-corrected chi connectivity index (χ2v) is 7.01. The van der Waals surface area contributed by atoms with Gasteiger partial charge in [-0.05, 0) is 31.0 Å². The third kappa shape index (κ3) is 2.79. The van der Waals surface area contributed by atoms with Crippen molar-refractivity contribution < 1.29 is 22.7 Å². The van der Waals surface area contributed by atoms with Gasteiger partial charge >= 0.3 is 5.97 Å². The highest BCUT2D eigenvalue weighted by Gasteiger charge is 2.45. The zero-order valence-electron chi connectivity index (χ0n) is 10.4. The van der Waals surface area contributed by atoms with E-state index in [1.54, 1.807) is 0 Å². The Balaban J connectivity index is 2.17. The van der Waals surface area contributed by atoms with Crippen LogP contribution in [0.3, 0.4) is 0 Å². The quantitative estimate of drug-likeness (QED) is 0.869. The van der Waals surface area contributed by atoms with Crippen molar-refractivity contribution in [2.45, 2.75) is 24.2 Å². The minimum Gasteiger partial charge on any atom is -0.481 e. The van der Waals surface area contributed by atoms with Crippen LogP contribution in [0.5, 0.6) is 0 Å². The van der Waals surface area contributed by atoms with Crippen LogP contribution in [0.2, 0.25) is 5.02 Å². The predicted octanol–water partition coefficient (Wildman–Crippen LogP) is 2.01. The largest absolute Gasteiger partial charge is 0.481 e. The van der Waals surface area contributed by atoms with Gasteiger partial charge in [-0.2, -0.15) is 0 Å². The first-order valence-electron chi connectivity index (χ1n) is 5.95. The van der Waals surface area contributed by atoms with E-state index >= 15 is 0 Å². The summed E-state index contributed by atoms with van der Waals surface area (Å²) in [6.45, 7) is -0.243. The first-order valence-corrected chi connectivity index (χ1v) is 7.81. The van der Waals surface area contributed by atoms with E-state index in [9.17, 15) is 17.6 Å². The number of benzene rings is 1. The van der Waals surface area contributed by atoms with E-state index in [4.69, 9.17) is 16.7 Å². The van der Waals surface area contributed by atoms with Gasteiger partial charge in [-0.1, -0.05) is 18.0 Å². The minimum atomic E-state index is -4.10. The molecule has 2 N–H and O–H groups in total. The summed E-state index contributed by atoms with van der Waals surface area (Å²) in [7, 11) is -4.10. The van der Waals surface area contributed by atoms with E-state index in [-0.39, 0.29) is 11.6 Å². The molecule has 1 aromatic rings. The van der Waals surface area contributed by atoms with E-state index < -0.39 is 32.1 Å². The maximum atomic E-state index is 13.6. The molecule has 0 amide bonds. The molecule has 0 aliphatic heterocycles. The summed E-state index contributed by atoms with van der Waals surface area (Å²) >= 11 is 5.56. The lowest BCUT2D eigenvalue weighted by molar-refractivity contribution is -0.153. The van der Waals surface area contributed by atoms with Crippen molar-refractivity contribution in [1.29, 1.82) is 0 Å². The Morgan fingerprint density at radius 3 is 2.55 bits per heavy atom. The molecule has 1 aliphatic rings. The first kappa shape index (κ1) is 15.2. The second-order valence-electron chi connectivity index (χ2n) is 4.84. The smallest absolute Gasteiger partial charge is 0.310 e. The maximum absolute atomic E-state index is 13.6. The van der Waals surface area contributed by atoms with Crippen LogP contribution < -0.4 is 4.72 Å². The summed E-state index contributed by atoms with van der Waals surface area (Å²) in [5.41, 5.74) is -1.07. The molecule has 110 valence electrons. The van der Waals surface area contributed by atoms with Gasteiger partial charge in [-0.25, -0.2) is 17.5 Å². The Morgan fingerprint density at radius 2 is 2.10 bits per heavy atom. The number of hydrogen-bond acceptors (Lipinski definition) is 3. The molecular formula is C12H13ClFNO4S. The monoisotopic (exact) mass is 321 g/mol. The molecule has 0 unspecified atom stereocenters. The average molecular weight is 322 g/mol. The molecule has 2 rings (SSSR count). The molecule has 5 nitrogen and oxygen atoms in total. The molecule has 0 spiro atoms. The van der Waals surface area contributed by atoms with Gasteiger partial charge in [0.2, 0.25) is 10.0 Å². The molecule has 20 heavy (non-hydrogen) atoms. The van der Waals surface area contributed by atoms with Crippen molar-refractivity contribution in [3.63, 3.8) is 0 Å². The molecule has 1 saturated carbocycles. The van der Waals surface area contributed by atoms with Gasteiger partial charge in [-0.3, -0.25) is 4.79 Å². The number of rotatable bonds is 5. The molecule has 0 saturated heterocycles. The van der Waals surface area contributed by atoms with Gasteiger partial charge in [0.1, 0.15) is 10.7 Å². The van der Waals surface area contributed by atoms with Crippen LogP contribution in [0.4, 0.5) is 4.39 Å². The number of hydrogen-bond donors (Lipinski definition) is 2. The van der Waals surface area contributed by atoms with Crippen LogP contribution in [-0.2, 0) is 14.8 Å². The summed E-state index contributed by atoms with van der Waals surface area (Å²) in [6.07, 6.45) is 1.56. The number of carbonyl (C=O) groups is 1. The summed E-state index contributed by atoms with van der Waals surface area (Å²) in [5, 5.41) is 9.20. The van der Waals surface area contributed by atoms with Crippen molar-refractivity contribution >= 4 is 27.6 Å². The van der Waals surface area contributed by atoms with Crippen molar-refractivity contribution in [2.24, 2.45) is 5.41 Å². The molecule has 0 bridgehead atoms. The van der Waals surface area contributed by atoms with Gasteiger partial charge in [0, 0.05) is 11.6 Å². The topological polar surface area (TPSA) is 83.5 Å². The number of nitrogens with one attached hydrogen (secondary N) is 1. The average Bonchev–Trinajstić information content (AvgIpc) is 2.25. The van der Waals surface area contributed by atoms with Gasteiger partial charge in [0.25, 0.3) is 0 Å². The van der Waals surface area contributed by atoms with Crippen molar-refractivity contribution in [2.75, 3.05) is 6.54 Å². The van der Waals surface area contributed by atoms with Crippen LogP contribution in [0, 0.1) is 11.2 Å². The van der Waals surface area contributed by atoms with E-state index in [0.717, 1.165) is 18.6 Å². The van der Waals surface area contributed by atoms with Crippen LogP contribution in [0.1, 0.15) is 19.3 Å². The number of carboxylic acids is 1. The fourth-order valence-electron chi connectivity index (χ4n) is 2.07. The first-order chi connectivity index (χ1) is 9.27. The van der Waals surface area contributed by atoms with Crippen LogP contribution in [0.15, 0.2) is 23.1 Å².